The first-order chi connectivity index (χ1) is 9.24. The van der Waals surface area contributed by atoms with Gasteiger partial charge in [0.25, 0.3) is 0 Å². The Morgan fingerprint density at radius 2 is 2.05 bits per heavy atom. The van der Waals surface area contributed by atoms with Gasteiger partial charge in [-0.2, -0.15) is 0 Å². The van der Waals surface area contributed by atoms with Crippen molar-refractivity contribution >= 4 is 17.2 Å². The van der Waals surface area contributed by atoms with E-state index in [0.717, 1.165) is 23.5 Å². The van der Waals surface area contributed by atoms with Crippen molar-refractivity contribution in [3.63, 3.8) is 0 Å². The fourth-order valence-corrected chi connectivity index (χ4v) is 2.22. The molecular formula is C13H14ClN5. The number of hydrogen-bond donors (Lipinski definition) is 0. The first-order valence-corrected chi connectivity index (χ1v) is 6.67. The fourth-order valence-electron chi connectivity index (χ4n) is 2.02. The Hall–Kier alpha value is -1.88. The van der Waals surface area contributed by atoms with Gasteiger partial charge in [0.05, 0.1) is 17.9 Å². The third kappa shape index (κ3) is 2.61. The number of fused-ring (bicyclic) bond motifs is 1. The van der Waals surface area contributed by atoms with Crippen LogP contribution in [0.5, 0.6) is 0 Å². The number of nitrogens with zero attached hydrogens (tertiary/aromatic N) is 5. The van der Waals surface area contributed by atoms with Gasteiger partial charge in [0.1, 0.15) is 5.65 Å². The summed E-state index contributed by atoms with van der Waals surface area (Å²) in [5, 5.41) is 8.14. The van der Waals surface area contributed by atoms with E-state index in [0.29, 0.717) is 12.4 Å². The van der Waals surface area contributed by atoms with Gasteiger partial charge in [-0.3, -0.25) is 0 Å². The molecule has 0 radical (unpaired) electrons. The molecule has 3 rings (SSSR count). The normalized spacial score (nSPS) is 11.3. The summed E-state index contributed by atoms with van der Waals surface area (Å²) >= 11 is 5.68. The molecule has 0 aliphatic heterocycles. The molecule has 0 aliphatic rings. The Morgan fingerprint density at radius 3 is 2.89 bits per heavy atom. The van der Waals surface area contributed by atoms with Gasteiger partial charge in [-0.15, -0.1) is 16.7 Å². The SMILES string of the molecule is Cc1ccc2nc(Cn3cc(CCCl)nn3)cn2c1. The van der Waals surface area contributed by atoms with Crippen LogP contribution >= 0.6 is 11.6 Å². The quantitative estimate of drug-likeness (QED) is 0.685. The Bertz CT molecular complexity index is 700. The van der Waals surface area contributed by atoms with Gasteiger partial charge < -0.3 is 4.40 Å². The lowest BCUT2D eigenvalue weighted by Gasteiger charge is -1.94. The van der Waals surface area contributed by atoms with E-state index in [4.69, 9.17) is 11.6 Å². The number of rotatable bonds is 4. The lowest BCUT2D eigenvalue weighted by molar-refractivity contribution is 0.640. The third-order valence-corrected chi connectivity index (χ3v) is 3.10. The van der Waals surface area contributed by atoms with Gasteiger partial charge in [-0.25, -0.2) is 9.67 Å². The maximum absolute atomic E-state index is 5.68. The molecule has 98 valence electrons. The smallest absolute Gasteiger partial charge is 0.137 e. The summed E-state index contributed by atoms with van der Waals surface area (Å²) in [4.78, 5) is 4.55. The van der Waals surface area contributed by atoms with Crippen LogP contribution in [-0.4, -0.2) is 30.3 Å². The zero-order chi connectivity index (χ0) is 13.2. The van der Waals surface area contributed by atoms with Crippen LogP contribution in [0.2, 0.25) is 0 Å². The Kier molecular flexibility index (Phi) is 3.21. The molecule has 0 saturated heterocycles. The summed E-state index contributed by atoms with van der Waals surface area (Å²) in [7, 11) is 0. The van der Waals surface area contributed by atoms with Crippen molar-refractivity contribution in [1.29, 1.82) is 0 Å². The molecule has 0 amide bonds. The van der Waals surface area contributed by atoms with Crippen molar-refractivity contribution in [1.82, 2.24) is 24.4 Å². The Morgan fingerprint density at radius 1 is 1.16 bits per heavy atom. The number of aryl methyl sites for hydroxylation is 2. The van der Waals surface area contributed by atoms with Gasteiger partial charge in [0.15, 0.2) is 0 Å². The zero-order valence-corrected chi connectivity index (χ0v) is 11.4. The van der Waals surface area contributed by atoms with E-state index in [1.165, 1.54) is 5.56 Å². The highest BCUT2D eigenvalue weighted by Gasteiger charge is 2.05. The van der Waals surface area contributed by atoms with Crippen LogP contribution in [0.15, 0.2) is 30.7 Å². The van der Waals surface area contributed by atoms with Gasteiger partial charge in [0.2, 0.25) is 0 Å². The predicted octanol–water partition coefficient (Wildman–Crippen LogP) is 2.06. The van der Waals surface area contributed by atoms with E-state index < -0.39 is 0 Å². The van der Waals surface area contributed by atoms with E-state index in [-0.39, 0.29) is 0 Å². The minimum absolute atomic E-state index is 0.562. The van der Waals surface area contributed by atoms with E-state index in [1.54, 1.807) is 4.68 Å². The average Bonchev–Trinajstić information content (AvgIpc) is 2.96. The molecule has 3 aromatic heterocycles. The number of hydrogen-bond acceptors (Lipinski definition) is 3. The van der Waals surface area contributed by atoms with Crippen LogP contribution in [-0.2, 0) is 13.0 Å². The second-order valence-corrected chi connectivity index (χ2v) is 4.93. The summed E-state index contributed by atoms with van der Waals surface area (Å²) < 4.78 is 3.82. The molecule has 0 bridgehead atoms. The topological polar surface area (TPSA) is 48.0 Å². The van der Waals surface area contributed by atoms with Crippen LogP contribution in [0.4, 0.5) is 0 Å². The first-order valence-electron chi connectivity index (χ1n) is 6.14. The van der Waals surface area contributed by atoms with Crippen LogP contribution < -0.4 is 0 Å². The van der Waals surface area contributed by atoms with Crippen LogP contribution in [0.25, 0.3) is 5.65 Å². The van der Waals surface area contributed by atoms with E-state index in [1.807, 2.05) is 22.9 Å². The molecule has 0 spiro atoms. The second-order valence-electron chi connectivity index (χ2n) is 4.55. The van der Waals surface area contributed by atoms with Gasteiger partial charge >= 0.3 is 0 Å². The average molecular weight is 276 g/mol. The summed E-state index contributed by atoms with van der Waals surface area (Å²) in [6, 6.07) is 4.07. The molecule has 0 N–H and O–H groups in total. The first kappa shape index (κ1) is 12.2. The Labute approximate surface area is 115 Å². The van der Waals surface area contributed by atoms with Crippen molar-refractivity contribution in [3.05, 3.63) is 47.7 Å². The predicted molar refractivity (Wildman–Crippen MR) is 73.5 cm³/mol. The molecule has 0 fully saturated rings. The molecule has 6 heteroatoms. The standard InChI is InChI=1S/C13H14ClN5/c1-10-2-3-13-15-12(7-18(13)6-10)9-19-8-11(4-5-14)16-17-19/h2-3,6-8H,4-5,9H2,1H3. The van der Waals surface area contributed by atoms with Crippen molar-refractivity contribution in [2.75, 3.05) is 5.88 Å². The highest BCUT2D eigenvalue weighted by Crippen LogP contribution is 2.08. The molecule has 5 nitrogen and oxygen atoms in total. The minimum Gasteiger partial charge on any atom is -0.306 e. The molecular weight excluding hydrogens is 262 g/mol. The van der Waals surface area contributed by atoms with Crippen LogP contribution in [0, 0.1) is 6.92 Å². The number of imidazole rings is 1. The molecule has 19 heavy (non-hydrogen) atoms. The monoisotopic (exact) mass is 275 g/mol. The highest BCUT2D eigenvalue weighted by molar-refractivity contribution is 6.17. The van der Waals surface area contributed by atoms with E-state index >= 15 is 0 Å². The van der Waals surface area contributed by atoms with Crippen molar-refractivity contribution in [2.24, 2.45) is 0 Å². The Balaban J connectivity index is 1.83. The second kappa shape index (κ2) is 5.01. The summed E-state index contributed by atoms with van der Waals surface area (Å²) in [5.41, 5.74) is 4.03. The molecule has 0 saturated carbocycles. The fraction of sp³-hybridized carbons (Fsp3) is 0.308. The maximum Gasteiger partial charge on any atom is 0.137 e. The van der Waals surface area contributed by atoms with Crippen LogP contribution in [0.3, 0.4) is 0 Å². The molecule has 3 heterocycles. The lowest BCUT2D eigenvalue weighted by atomic mass is 10.3. The molecule has 3 aromatic rings. The van der Waals surface area contributed by atoms with E-state index in [2.05, 4.69) is 34.5 Å². The van der Waals surface area contributed by atoms with Crippen molar-refractivity contribution in [2.45, 2.75) is 19.9 Å². The summed E-state index contributed by atoms with van der Waals surface area (Å²) in [5.74, 6) is 0.562. The largest absolute Gasteiger partial charge is 0.306 e. The van der Waals surface area contributed by atoms with E-state index in [9.17, 15) is 0 Å². The molecule has 0 aromatic carbocycles. The highest BCUT2D eigenvalue weighted by atomic mass is 35.5. The number of alkyl halides is 1. The minimum atomic E-state index is 0.562. The van der Waals surface area contributed by atoms with Gasteiger partial charge in [-0.1, -0.05) is 11.3 Å². The van der Waals surface area contributed by atoms with Crippen molar-refractivity contribution in [3.8, 4) is 0 Å². The zero-order valence-electron chi connectivity index (χ0n) is 10.6. The maximum atomic E-state index is 5.68. The van der Waals surface area contributed by atoms with Gasteiger partial charge in [-0.05, 0) is 18.6 Å². The lowest BCUT2D eigenvalue weighted by Crippen LogP contribution is -2.00. The van der Waals surface area contributed by atoms with Crippen molar-refractivity contribution < 1.29 is 0 Å². The number of halogens is 1. The van der Waals surface area contributed by atoms with Gasteiger partial charge in [0, 0.05) is 30.9 Å². The third-order valence-electron chi connectivity index (χ3n) is 2.91. The summed E-state index contributed by atoms with van der Waals surface area (Å²) in [6.07, 6.45) is 6.74. The molecule has 0 atom stereocenters. The number of aromatic nitrogens is 5. The van der Waals surface area contributed by atoms with Crippen LogP contribution in [0.1, 0.15) is 17.0 Å². The summed E-state index contributed by atoms with van der Waals surface area (Å²) in [6.45, 7) is 2.69. The molecule has 0 aliphatic carbocycles. The number of pyridine rings is 1. The molecule has 0 unspecified atom stereocenters.